The van der Waals surface area contributed by atoms with Crippen LogP contribution in [0.1, 0.15) is 19.3 Å². The number of alkyl halides is 3. The van der Waals surface area contributed by atoms with Crippen LogP contribution in [-0.2, 0) is 4.74 Å². The minimum Gasteiger partial charge on any atom is -0.490 e. The van der Waals surface area contributed by atoms with Gasteiger partial charge in [0.2, 0.25) is 0 Å². The zero-order valence-corrected chi connectivity index (χ0v) is 20.7. The van der Waals surface area contributed by atoms with E-state index in [9.17, 15) is 23.3 Å². The van der Waals surface area contributed by atoms with Crippen molar-refractivity contribution >= 4 is 20.0 Å². The van der Waals surface area contributed by atoms with E-state index in [4.69, 9.17) is 9.47 Å². The summed E-state index contributed by atoms with van der Waals surface area (Å²) in [6, 6.07) is 1.34. The van der Waals surface area contributed by atoms with Gasteiger partial charge in [0.05, 0.1) is 47.1 Å². The molecule has 0 bridgehead atoms. The number of nitrogens with zero attached hydrogens (tertiary/aromatic N) is 4. The highest BCUT2D eigenvalue weighted by Crippen LogP contribution is 2.37. The first-order chi connectivity index (χ1) is 15.9. The molecule has 2 aliphatic rings. The second kappa shape index (κ2) is 10.9. The average molecular weight is 501 g/mol. The zero-order valence-electron chi connectivity index (χ0n) is 19.7. The molecule has 0 N–H and O–H groups in total. The van der Waals surface area contributed by atoms with Gasteiger partial charge in [-0.25, -0.2) is 0 Å². The van der Waals surface area contributed by atoms with Crippen molar-refractivity contribution in [3.8, 4) is 5.75 Å². The summed E-state index contributed by atoms with van der Waals surface area (Å²) in [7, 11) is -1.27. The number of aliphatic imine (C=N–C) groups is 1. The van der Waals surface area contributed by atoms with E-state index in [0.717, 1.165) is 12.2 Å². The van der Waals surface area contributed by atoms with Crippen LogP contribution in [0, 0.1) is 10.1 Å². The predicted molar refractivity (Wildman–Crippen MR) is 125 cm³/mol. The van der Waals surface area contributed by atoms with Crippen LogP contribution in [0.2, 0.25) is 25.7 Å². The van der Waals surface area contributed by atoms with Crippen LogP contribution in [0.4, 0.5) is 18.9 Å². The van der Waals surface area contributed by atoms with Crippen LogP contribution in [0.25, 0.3) is 0 Å². The Labute approximate surface area is 198 Å². The number of dihydropyridines is 1. The van der Waals surface area contributed by atoms with Gasteiger partial charge in [-0.15, -0.1) is 0 Å². The third-order valence-electron chi connectivity index (χ3n) is 5.84. The lowest BCUT2D eigenvalue weighted by atomic mass is 10.0. The molecule has 188 valence electrons. The number of hydrogen-bond acceptors (Lipinski definition) is 7. The molecule has 1 saturated heterocycles. The van der Waals surface area contributed by atoms with Crippen LogP contribution < -0.4 is 4.74 Å². The summed E-state index contributed by atoms with van der Waals surface area (Å²) in [5, 5.41) is 10.9. The molecule has 0 spiro atoms. The van der Waals surface area contributed by atoms with Crippen LogP contribution in [0.3, 0.4) is 0 Å². The fourth-order valence-corrected chi connectivity index (χ4v) is 4.72. The second-order valence-corrected chi connectivity index (χ2v) is 15.4. The number of halogens is 3. The normalized spacial score (nSPS) is 21.3. The molecule has 0 radical (unpaired) electrons. The van der Waals surface area contributed by atoms with E-state index in [2.05, 4.69) is 29.6 Å². The van der Waals surface area contributed by atoms with Crippen LogP contribution >= 0.6 is 0 Å². The molecule has 34 heavy (non-hydrogen) atoms. The number of rotatable bonds is 10. The fourth-order valence-electron chi connectivity index (χ4n) is 3.96. The Balaban J connectivity index is 1.66. The van der Waals surface area contributed by atoms with Crippen LogP contribution in [0.15, 0.2) is 34.7 Å². The van der Waals surface area contributed by atoms with Gasteiger partial charge in [-0.1, -0.05) is 19.6 Å². The Morgan fingerprint density at radius 3 is 2.71 bits per heavy atom. The number of aromatic nitrogens is 1. The van der Waals surface area contributed by atoms with Crippen LogP contribution in [0.5, 0.6) is 5.75 Å². The van der Waals surface area contributed by atoms with E-state index in [1.807, 2.05) is 0 Å². The molecule has 12 heteroatoms. The molecule has 2 atom stereocenters. The highest BCUT2D eigenvalue weighted by Gasteiger charge is 2.42. The van der Waals surface area contributed by atoms with Gasteiger partial charge in [0.25, 0.3) is 5.69 Å². The van der Waals surface area contributed by atoms with Crippen LogP contribution in [-0.4, -0.2) is 73.7 Å². The lowest BCUT2D eigenvalue weighted by molar-refractivity contribution is -0.385. The van der Waals surface area contributed by atoms with Crippen molar-refractivity contribution in [1.82, 2.24) is 9.88 Å². The molecule has 3 rings (SSSR count). The lowest BCUT2D eigenvalue weighted by Gasteiger charge is -2.33. The summed E-state index contributed by atoms with van der Waals surface area (Å²) in [5.74, 6) is 0.207. The molecular formula is C22H31F3N4O4Si. The van der Waals surface area contributed by atoms with E-state index in [0.29, 0.717) is 26.0 Å². The number of allylic oxidation sites excluding steroid dienone is 1. The van der Waals surface area contributed by atoms with Gasteiger partial charge in [0, 0.05) is 33.9 Å². The van der Waals surface area contributed by atoms with E-state index < -0.39 is 30.8 Å². The van der Waals surface area contributed by atoms with Crippen molar-refractivity contribution in [2.24, 2.45) is 4.99 Å². The van der Waals surface area contributed by atoms with Crippen molar-refractivity contribution < 1.29 is 27.6 Å². The van der Waals surface area contributed by atoms with Gasteiger partial charge in [0.1, 0.15) is 18.6 Å². The summed E-state index contributed by atoms with van der Waals surface area (Å²) in [6.07, 6.45) is 0.449. The quantitative estimate of drug-likeness (QED) is 0.198. The molecule has 1 aromatic heterocycles. The Hall–Kier alpha value is -2.47. The van der Waals surface area contributed by atoms with Gasteiger partial charge >= 0.3 is 6.18 Å². The summed E-state index contributed by atoms with van der Waals surface area (Å²) >= 11 is 0. The Morgan fingerprint density at radius 1 is 1.26 bits per heavy atom. The Kier molecular flexibility index (Phi) is 8.34. The van der Waals surface area contributed by atoms with Crippen molar-refractivity contribution in [1.29, 1.82) is 0 Å². The van der Waals surface area contributed by atoms with E-state index in [1.165, 1.54) is 18.5 Å². The SMILES string of the molecule is C[Si](C)(C)CCOCC1CC(C(F)(F)F)=C(N2CCC[C@H]2COc2cncc([N+](=O)[O-])c2)C=N1. The number of likely N-dealkylation sites (tertiary alicyclic amines) is 1. The maximum Gasteiger partial charge on any atom is 0.414 e. The van der Waals surface area contributed by atoms with Crippen molar-refractivity contribution in [3.05, 3.63) is 39.8 Å². The molecular weight excluding hydrogens is 469 g/mol. The van der Waals surface area contributed by atoms with Crippen molar-refractivity contribution in [2.45, 2.75) is 63.2 Å². The molecule has 0 saturated carbocycles. The van der Waals surface area contributed by atoms with Gasteiger partial charge in [-0.2, -0.15) is 13.2 Å². The van der Waals surface area contributed by atoms with E-state index in [-0.39, 0.29) is 42.8 Å². The highest BCUT2D eigenvalue weighted by molar-refractivity contribution is 6.76. The molecule has 3 heterocycles. The smallest absolute Gasteiger partial charge is 0.414 e. The predicted octanol–water partition coefficient (Wildman–Crippen LogP) is 4.85. The number of hydrogen-bond donors (Lipinski definition) is 0. The van der Waals surface area contributed by atoms with E-state index >= 15 is 0 Å². The van der Waals surface area contributed by atoms with E-state index in [1.54, 1.807) is 4.90 Å². The molecule has 8 nitrogen and oxygen atoms in total. The monoisotopic (exact) mass is 500 g/mol. The highest BCUT2D eigenvalue weighted by atomic mass is 28.3. The third-order valence-corrected chi connectivity index (χ3v) is 7.55. The first kappa shape index (κ1) is 26.1. The minimum absolute atomic E-state index is 0.0779. The largest absolute Gasteiger partial charge is 0.490 e. The first-order valence-electron chi connectivity index (χ1n) is 11.3. The van der Waals surface area contributed by atoms with Crippen molar-refractivity contribution in [2.75, 3.05) is 26.4 Å². The topological polar surface area (TPSA) is 90.1 Å². The molecule has 1 unspecified atom stereocenters. The molecule has 1 aromatic rings. The number of nitro groups is 1. The summed E-state index contributed by atoms with van der Waals surface area (Å²) < 4.78 is 53.2. The average Bonchev–Trinajstić information content (AvgIpc) is 3.22. The zero-order chi connectivity index (χ0) is 24.9. The summed E-state index contributed by atoms with van der Waals surface area (Å²) in [5.41, 5.74) is -0.723. The molecule has 1 fully saturated rings. The second-order valence-electron chi connectivity index (χ2n) is 9.82. The standard InChI is InChI=1S/C22H31F3N4O4Si/c1-34(2,3)8-7-32-14-16-9-20(22(23,24)25)21(13-27-16)28-6-4-5-17(28)15-33-19-10-18(29(30)31)11-26-12-19/h10-13,16-17H,4-9,14-15H2,1-3H3/t16?,17-/m0/s1. The number of pyridine rings is 1. The fraction of sp³-hybridized carbons (Fsp3) is 0.636. The minimum atomic E-state index is -4.48. The maximum atomic E-state index is 14.0. The molecule has 0 amide bonds. The third kappa shape index (κ3) is 7.26. The van der Waals surface area contributed by atoms with Gasteiger partial charge < -0.3 is 14.4 Å². The summed E-state index contributed by atoms with van der Waals surface area (Å²) in [4.78, 5) is 20.2. The number of ether oxygens (including phenoxy) is 2. The maximum absolute atomic E-state index is 14.0. The molecule has 2 aliphatic heterocycles. The van der Waals surface area contributed by atoms with Crippen molar-refractivity contribution in [3.63, 3.8) is 0 Å². The Morgan fingerprint density at radius 2 is 2.03 bits per heavy atom. The first-order valence-corrected chi connectivity index (χ1v) is 15.0. The summed E-state index contributed by atoms with van der Waals surface area (Å²) in [6.45, 7) is 7.92. The Bertz CT molecular complexity index is 933. The lowest BCUT2D eigenvalue weighted by Crippen LogP contribution is -2.38. The molecule has 0 aromatic carbocycles. The van der Waals surface area contributed by atoms with Gasteiger partial charge in [-0.3, -0.25) is 20.1 Å². The van der Waals surface area contributed by atoms with Gasteiger partial charge in [-0.05, 0) is 18.9 Å². The molecule has 0 aliphatic carbocycles. The van der Waals surface area contributed by atoms with Gasteiger partial charge in [0.15, 0.2) is 0 Å².